The van der Waals surface area contributed by atoms with Gasteiger partial charge in [0.1, 0.15) is 0 Å². The van der Waals surface area contributed by atoms with E-state index in [0.717, 1.165) is 0 Å². The van der Waals surface area contributed by atoms with Gasteiger partial charge in [0.25, 0.3) is 0 Å². The SMILES string of the molecule is Cc1cc(NC(=O)CCCC(=O)NC(C)C)ccc1C(=O)O. The zero-order chi connectivity index (χ0) is 16.7. The highest BCUT2D eigenvalue weighted by Crippen LogP contribution is 2.15. The lowest BCUT2D eigenvalue weighted by molar-refractivity contribution is -0.121. The number of benzene rings is 1. The van der Waals surface area contributed by atoms with Gasteiger partial charge in [-0.3, -0.25) is 9.59 Å². The number of carbonyl (C=O) groups excluding carboxylic acids is 2. The van der Waals surface area contributed by atoms with E-state index in [4.69, 9.17) is 5.11 Å². The Kier molecular flexibility index (Phi) is 6.56. The van der Waals surface area contributed by atoms with Crippen molar-refractivity contribution in [3.05, 3.63) is 29.3 Å². The first-order valence-electron chi connectivity index (χ1n) is 7.22. The molecule has 1 aromatic carbocycles. The van der Waals surface area contributed by atoms with Crippen molar-refractivity contribution in [3.63, 3.8) is 0 Å². The van der Waals surface area contributed by atoms with Crippen LogP contribution in [0.5, 0.6) is 0 Å². The third-order valence-electron chi connectivity index (χ3n) is 3.00. The van der Waals surface area contributed by atoms with Crippen LogP contribution in [0.2, 0.25) is 0 Å². The lowest BCUT2D eigenvalue weighted by atomic mass is 10.1. The van der Waals surface area contributed by atoms with Gasteiger partial charge in [0, 0.05) is 24.6 Å². The van der Waals surface area contributed by atoms with Crippen molar-refractivity contribution >= 4 is 23.5 Å². The zero-order valence-electron chi connectivity index (χ0n) is 13.1. The number of rotatable bonds is 7. The zero-order valence-corrected chi connectivity index (χ0v) is 13.1. The molecule has 0 spiro atoms. The molecule has 3 N–H and O–H groups in total. The van der Waals surface area contributed by atoms with Gasteiger partial charge in [0.2, 0.25) is 11.8 Å². The van der Waals surface area contributed by atoms with Crippen LogP contribution in [0.1, 0.15) is 49.0 Å². The van der Waals surface area contributed by atoms with E-state index < -0.39 is 5.97 Å². The molecule has 0 saturated heterocycles. The van der Waals surface area contributed by atoms with Crippen molar-refractivity contribution in [2.45, 2.75) is 46.1 Å². The Hall–Kier alpha value is -2.37. The van der Waals surface area contributed by atoms with Gasteiger partial charge in [0.15, 0.2) is 0 Å². The van der Waals surface area contributed by atoms with Crippen LogP contribution in [-0.2, 0) is 9.59 Å². The second-order valence-corrected chi connectivity index (χ2v) is 5.46. The molecule has 0 heterocycles. The molecule has 120 valence electrons. The molecule has 0 radical (unpaired) electrons. The van der Waals surface area contributed by atoms with Crippen LogP contribution >= 0.6 is 0 Å². The summed E-state index contributed by atoms with van der Waals surface area (Å²) in [5.74, 6) is -1.25. The number of nitrogens with one attached hydrogen (secondary N) is 2. The summed E-state index contributed by atoms with van der Waals surface area (Å²) in [6.07, 6.45) is 1.02. The minimum absolute atomic E-state index is 0.0653. The number of carbonyl (C=O) groups is 3. The smallest absolute Gasteiger partial charge is 0.335 e. The van der Waals surface area contributed by atoms with Gasteiger partial charge in [-0.25, -0.2) is 4.79 Å². The fourth-order valence-electron chi connectivity index (χ4n) is 2.01. The number of aromatic carboxylic acids is 1. The highest BCUT2D eigenvalue weighted by Gasteiger charge is 2.09. The highest BCUT2D eigenvalue weighted by molar-refractivity contribution is 5.93. The fraction of sp³-hybridized carbons (Fsp3) is 0.438. The molecule has 2 amide bonds. The van der Waals surface area contributed by atoms with Gasteiger partial charge in [-0.15, -0.1) is 0 Å². The Morgan fingerprint density at radius 2 is 1.77 bits per heavy atom. The summed E-state index contributed by atoms with van der Waals surface area (Å²) in [6, 6.07) is 4.73. The van der Waals surface area contributed by atoms with E-state index in [1.165, 1.54) is 6.07 Å². The molecular weight excluding hydrogens is 284 g/mol. The highest BCUT2D eigenvalue weighted by atomic mass is 16.4. The predicted octanol–water partition coefficient (Wildman–Crippen LogP) is 2.33. The van der Waals surface area contributed by atoms with Gasteiger partial charge < -0.3 is 15.7 Å². The Labute approximate surface area is 129 Å². The fourth-order valence-corrected chi connectivity index (χ4v) is 2.01. The second-order valence-electron chi connectivity index (χ2n) is 5.46. The van der Waals surface area contributed by atoms with Crippen LogP contribution < -0.4 is 10.6 Å². The number of carboxylic acid groups (broad SMARTS) is 1. The largest absolute Gasteiger partial charge is 0.478 e. The van der Waals surface area contributed by atoms with Crippen LogP contribution in [0.4, 0.5) is 5.69 Å². The Balaban J connectivity index is 2.44. The molecule has 0 aliphatic carbocycles. The molecular formula is C16H22N2O4. The average molecular weight is 306 g/mol. The molecule has 0 aliphatic rings. The summed E-state index contributed by atoms with van der Waals surface area (Å²) < 4.78 is 0. The van der Waals surface area contributed by atoms with Crippen molar-refractivity contribution in [2.24, 2.45) is 0 Å². The summed E-state index contributed by atoms with van der Waals surface area (Å²) in [7, 11) is 0. The molecule has 1 aromatic rings. The molecule has 0 atom stereocenters. The van der Waals surface area contributed by atoms with Crippen LogP contribution in [-0.4, -0.2) is 28.9 Å². The van der Waals surface area contributed by atoms with Crippen molar-refractivity contribution in [1.82, 2.24) is 5.32 Å². The summed E-state index contributed by atoms with van der Waals surface area (Å²) in [5, 5.41) is 14.4. The number of anilines is 1. The Bertz CT molecular complexity index is 567. The predicted molar refractivity (Wildman–Crippen MR) is 83.9 cm³/mol. The number of carboxylic acids is 1. The van der Waals surface area contributed by atoms with Crippen molar-refractivity contribution in [1.29, 1.82) is 0 Å². The van der Waals surface area contributed by atoms with Crippen molar-refractivity contribution < 1.29 is 19.5 Å². The van der Waals surface area contributed by atoms with Gasteiger partial charge in [-0.1, -0.05) is 0 Å². The average Bonchev–Trinajstić information content (AvgIpc) is 2.37. The second kappa shape index (κ2) is 8.17. The number of hydrogen-bond donors (Lipinski definition) is 3. The molecule has 0 aromatic heterocycles. The molecule has 22 heavy (non-hydrogen) atoms. The van der Waals surface area contributed by atoms with E-state index in [2.05, 4.69) is 10.6 Å². The van der Waals surface area contributed by atoms with E-state index in [9.17, 15) is 14.4 Å². The number of hydrogen-bond acceptors (Lipinski definition) is 3. The van der Waals surface area contributed by atoms with Crippen molar-refractivity contribution in [2.75, 3.05) is 5.32 Å². The number of amides is 2. The van der Waals surface area contributed by atoms with Crippen molar-refractivity contribution in [3.8, 4) is 0 Å². The lowest BCUT2D eigenvalue weighted by Gasteiger charge is -2.09. The van der Waals surface area contributed by atoms with E-state index in [1.807, 2.05) is 13.8 Å². The molecule has 0 unspecified atom stereocenters. The first-order chi connectivity index (χ1) is 10.3. The monoisotopic (exact) mass is 306 g/mol. The maximum Gasteiger partial charge on any atom is 0.335 e. The van der Waals surface area contributed by atoms with Crippen LogP contribution in [0, 0.1) is 6.92 Å². The van der Waals surface area contributed by atoms with Gasteiger partial charge in [0.05, 0.1) is 5.56 Å². The standard InChI is InChI=1S/C16H22N2O4/c1-10(2)17-14(19)5-4-6-15(20)18-12-7-8-13(16(21)22)11(3)9-12/h7-10H,4-6H2,1-3H3,(H,17,19)(H,18,20)(H,21,22). The van der Waals surface area contributed by atoms with Gasteiger partial charge >= 0.3 is 5.97 Å². The molecule has 0 aliphatic heterocycles. The van der Waals surface area contributed by atoms with Crippen LogP contribution in [0.3, 0.4) is 0 Å². The van der Waals surface area contributed by atoms with E-state index in [1.54, 1.807) is 19.1 Å². The molecule has 0 fully saturated rings. The first-order valence-corrected chi connectivity index (χ1v) is 7.22. The molecule has 1 rings (SSSR count). The summed E-state index contributed by atoms with van der Waals surface area (Å²) in [6.45, 7) is 5.44. The topological polar surface area (TPSA) is 95.5 Å². The van der Waals surface area contributed by atoms with Gasteiger partial charge in [-0.05, 0) is 51.0 Å². The maximum atomic E-state index is 11.8. The molecule has 6 nitrogen and oxygen atoms in total. The normalized spacial score (nSPS) is 10.4. The summed E-state index contributed by atoms with van der Waals surface area (Å²) in [5.41, 5.74) is 1.35. The minimum atomic E-state index is -0.994. The van der Waals surface area contributed by atoms with Crippen LogP contribution in [0.25, 0.3) is 0 Å². The molecule has 0 saturated carbocycles. The third kappa shape index (κ3) is 5.95. The first kappa shape index (κ1) is 17.7. The Morgan fingerprint density at radius 3 is 2.32 bits per heavy atom. The van der Waals surface area contributed by atoms with Gasteiger partial charge in [-0.2, -0.15) is 0 Å². The Morgan fingerprint density at radius 1 is 1.14 bits per heavy atom. The third-order valence-corrected chi connectivity index (χ3v) is 3.00. The van der Waals surface area contributed by atoms with E-state index in [-0.39, 0.29) is 29.8 Å². The van der Waals surface area contributed by atoms with Crippen LogP contribution in [0.15, 0.2) is 18.2 Å². The quantitative estimate of drug-likeness (QED) is 0.720. The summed E-state index contributed by atoms with van der Waals surface area (Å²) >= 11 is 0. The van der Waals surface area contributed by atoms with E-state index in [0.29, 0.717) is 24.1 Å². The maximum absolute atomic E-state index is 11.8. The minimum Gasteiger partial charge on any atom is -0.478 e. The molecule has 6 heteroatoms. The van der Waals surface area contributed by atoms with E-state index >= 15 is 0 Å². The molecule has 0 bridgehead atoms. The lowest BCUT2D eigenvalue weighted by Crippen LogP contribution is -2.30. The number of aryl methyl sites for hydroxylation is 1. The summed E-state index contributed by atoms with van der Waals surface area (Å²) in [4.78, 5) is 34.1.